The molecule has 1 fully saturated rings. The Morgan fingerprint density at radius 2 is 1.80 bits per heavy atom. The van der Waals surface area contributed by atoms with Crippen LogP contribution in [0, 0.1) is 11.8 Å². The lowest BCUT2D eigenvalue weighted by molar-refractivity contribution is -0.140. The molecule has 0 radical (unpaired) electrons. The summed E-state index contributed by atoms with van der Waals surface area (Å²) in [6.07, 6.45) is 6.17. The van der Waals surface area contributed by atoms with Crippen molar-refractivity contribution in [3.05, 3.63) is 12.2 Å². The Hall–Kier alpha value is -1.65. The Kier molecular flexibility index (Phi) is 4.57. The zero-order chi connectivity index (χ0) is 14.7. The zero-order valence-electron chi connectivity index (χ0n) is 12.1. The number of amides is 3. The summed E-state index contributed by atoms with van der Waals surface area (Å²) < 4.78 is 0. The number of nitrogens with zero attached hydrogens (tertiary/aromatic N) is 1. The first-order valence-electron chi connectivity index (χ1n) is 7.30. The minimum Gasteiger partial charge on any atom is -0.354 e. The lowest BCUT2D eigenvalue weighted by atomic mass is 9.85. The number of likely N-dealkylation sites (tertiary alicyclic amines) is 1. The van der Waals surface area contributed by atoms with Gasteiger partial charge in [-0.2, -0.15) is 0 Å². The SMILES string of the molecule is CC(C)NC(=O)CCCN1C(=O)[C@H]2CC=CC[C@H]2C1=O. The average molecular weight is 278 g/mol. The highest BCUT2D eigenvalue weighted by atomic mass is 16.2. The molecule has 110 valence electrons. The normalized spacial score (nSPS) is 25.2. The summed E-state index contributed by atoms with van der Waals surface area (Å²) in [7, 11) is 0. The van der Waals surface area contributed by atoms with Gasteiger partial charge in [0.05, 0.1) is 11.8 Å². The predicted octanol–water partition coefficient (Wildman–Crippen LogP) is 1.24. The van der Waals surface area contributed by atoms with Gasteiger partial charge >= 0.3 is 0 Å². The van der Waals surface area contributed by atoms with E-state index in [0.717, 1.165) is 0 Å². The van der Waals surface area contributed by atoms with Crippen LogP contribution in [-0.4, -0.2) is 35.2 Å². The van der Waals surface area contributed by atoms with E-state index in [9.17, 15) is 14.4 Å². The molecule has 1 saturated heterocycles. The van der Waals surface area contributed by atoms with E-state index in [-0.39, 0.29) is 35.6 Å². The number of carbonyl (C=O) groups is 3. The largest absolute Gasteiger partial charge is 0.354 e. The molecule has 5 heteroatoms. The number of fused-ring (bicyclic) bond motifs is 1. The third-order valence-corrected chi connectivity index (χ3v) is 3.83. The summed E-state index contributed by atoms with van der Waals surface area (Å²) in [6.45, 7) is 4.17. The Balaban J connectivity index is 1.83. The van der Waals surface area contributed by atoms with Gasteiger partial charge in [0.2, 0.25) is 17.7 Å². The van der Waals surface area contributed by atoms with Crippen molar-refractivity contribution in [1.29, 1.82) is 0 Å². The molecular weight excluding hydrogens is 256 g/mol. The fourth-order valence-electron chi connectivity index (χ4n) is 2.88. The Morgan fingerprint density at radius 1 is 1.25 bits per heavy atom. The molecule has 1 N–H and O–H groups in total. The summed E-state index contributed by atoms with van der Waals surface area (Å²) in [5, 5.41) is 2.80. The fourth-order valence-corrected chi connectivity index (χ4v) is 2.88. The van der Waals surface area contributed by atoms with Crippen LogP contribution in [0.2, 0.25) is 0 Å². The first kappa shape index (κ1) is 14.8. The Bertz CT molecular complexity index is 416. The maximum absolute atomic E-state index is 12.2. The first-order valence-corrected chi connectivity index (χ1v) is 7.30. The summed E-state index contributed by atoms with van der Waals surface area (Å²) >= 11 is 0. The minimum atomic E-state index is -0.169. The molecule has 5 nitrogen and oxygen atoms in total. The molecule has 1 aliphatic carbocycles. The van der Waals surface area contributed by atoms with Crippen LogP contribution in [0.25, 0.3) is 0 Å². The quantitative estimate of drug-likeness (QED) is 0.608. The van der Waals surface area contributed by atoms with Gasteiger partial charge in [-0.15, -0.1) is 0 Å². The van der Waals surface area contributed by atoms with E-state index >= 15 is 0 Å². The molecule has 1 heterocycles. The molecule has 0 aromatic rings. The topological polar surface area (TPSA) is 66.5 Å². The molecule has 2 atom stereocenters. The lowest BCUT2D eigenvalue weighted by Gasteiger charge is -2.14. The number of hydrogen-bond donors (Lipinski definition) is 1. The molecule has 0 unspecified atom stereocenters. The summed E-state index contributed by atoms with van der Waals surface area (Å²) in [5.41, 5.74) is 0. The fraction of sp³-hybridized carbons (Fsp3) is 0.667. The van der Waals surface area contributed by atoms with Crippen LogP contribution in [0.4, 0.5) is 0 Å². The maximum Gasteiger partial charge on any atom is 0.233 e. The van der Waals surface area contributed by atoms with Gasteiger partial charge in [0.15, 0.2) is 0 Å². The van der Waals surface area contributed by atoms with Gasteiger partial charge in [0, 0.05) is 19.0 Å². The summed E-state index contributed by atoms with van der Waals surface area (Å²) in [4.78, 5) is 37.2. The van der Waals surface area contributed by atoms with Crippen molar-refractivity contribution in [2.45, 2.75) is 45.6 Å². The van der Waals surface area contributed by atoms with Gasteiger partial charge in [-0.05, 0) is 33.1 Å². The molecule has 0 aromatic heterocycles. The van der Waals surface area contributed by atoms with Crippen molar-refractivity contribution in [2.75, 3.05) is 6.54 Å². The van der Waals surface area contributed by atoms with E-state index in [1.807, 2.05) is 26.0 Å². The number of rotatable bonds is 5. The summed E-state index contributed by atoms with van der Waals surface area (Å²) in [5.74, 6) is -0.491. The van der Waals surface area contributed by atoms with Crippen LogP contribution in [0.5, 0.6) is 0 Å². The van der Waals surface area contributed by atoms with Crippen LogP contribution in [-0.2, 0) is 14.4 Å². The zero-order valence-corrected chi connectivity index (χ0v) is 12.1. The molecular formula is C15H22N2O3. The molecule has 20 heavy (non-hydrogen) atoms. The van der Waals surface area contributed by atoms with E-state index < -0.39 is 0 Å². The van der Waals surface area contributed by atoms with Gasteiger partial charge in [0.1, 0.15) is 0 Å². The second-order valence-corrected chi connectivity index (χ2v) is 5.81. The maximum atomic E-state index is 12.2. The van der Waals surface area contributed by atoms with E-state index in [2.05, 4.69) is 5.32 Å². The average Bonchev–Trinajstić information content (AvgIpc) is 2.63. The molecule has 0 spiro atoms. The summed E-state index contributed by atoms with van der Waals surface area (Å²) in [6, 6.07) is 0.117. The highest BCUT2D eigenvalue weighted by molar-refractivity contribution is 6.05. The number of nitrogens with one attached hydrogen (secondary N) is 1. The molecule has 2 aliphatic rings. The van der Waals surface area contributed by atoms with Crippen molar-refractivity contribution in [3.63, 3.8) is 0 Å². The lowest BCUT2D eigenvalue weighted by Crippen LogP contribution is -2.34. The van der Waals surface area contributed by atoms with Crippen molar-refractivity contribution in [3.8, 4) is 0 Å². The predicted molar refractivity (Wildman–Crippen MR) is 74.6 cm³/mol. The van der Waals surface area contributed by atoms with Gasteiger partial charge in [0.25, 0.3) is 0 Å². The highest BCUT2D eigenvalue weighted by Crippen LogP contribution is 2.35. The van der Waals surface area contributed by atoms with E-state index in [4.69, 9.17) is 0 Å². The van der Waals surface area contributed by atoms with E-state index in [0.29, 0.717) is 32.2 Å². The second-order valence-electron chi connectivity index (χ2n) is 5.81. The standard InChI is InChI=1S/C15H22N2O3/c1-10(2)16-13(18)8-5-9-17-14(19)11-6-3-4-7-12(11)15(17)20/h3-4,10-12H,5-9H2,1-2H3,(H,16,18)/t11-,12+. The smallest absolute Gasteiger partial charge is 0.233 e. The van der Waals surface area contributed by atoms with Crippen LogP contribution in [0.3, 0.4) is 0 Å². The highest BCUT2D eigenvalue weighted by Gasteiger charge is 2.46. The Labute approximate surface area is 119 Å². The number of hydrogen-bond acceptors (Lipinski definition) is 3. The van der Waals surface area contributed by atoms with Crippen molar-refractivity contribution < 1.29 is 14.4 Å². The monoisotopic (exact) mass is 278 g/mol. The van der Waals surface area contributed by atoms with Crippen LogP contribution in [0.1, 0.15) is 39.5 Å². The number of allylic oxidation sites excluding steroid dienone is 2. The van der Waals surface area contributed by atoms with E-state index in [1.165, 1.54) is 4.90 Å². The number of imide groups is 1. The number of carbonyl (C=O) groups excluding carboxylic acids is 3. The third-order valence-electron chi connectivity index (χ3n) is 3.83. The second kappa shape index (κ2) is 6.20. The van der Waals surface area contributed by atoms with E-state index in [1.54, 1.807) is 0 Å². The van der Waals surface area contributed by atoms with Gasteiger partial charge in [-0.3, -0.25) is 19.3 Å². The van der Waals surface area contributed by atoms with Gasteiger partial charge in [-0.1, -0.05) is 12.2 Å². The molecule has 0 aromatic carbocycles. The Morgan fingerprint density at radius 3 is 2.30 bits per heavy atom. The molecule has 0 saturated carbocycles. The molecule has 0 bridgehead atoms. The van der Waals surface area contributed by atoms with Gasteiger partial charge < -0.3 is 5.32 Å². The minimum absolute atomic E-state index is 0.0295. The van der Waals surface area contributed by atoms with Crippen molar-refractivity contribution in [1.82, 2.24) is 10.2 Å². The third kappa shape index (κ3) is 3.08. The van der Waals surface area contributed by atoms with Crippen molar-refractivity contribution in [2.24, 2.45) is 11.8 Å². The van der Waals surface area contributed by atoms with Crippen LogP contribution < -0.4 is 5.32 Å². The first-order chi connectivity index (χ1) is 9.50. The van der Waals surface area contributed by atoms with Crippen LogP contribution >= 0.6 is 0 Å². The van der Waals surface area contributed by atoms with Crippen LogP contribution in [0.15, 0.2) is 12.2 Å². The van der Waals surface area contributed by atoms with Gasteiger partial charge in [-0.25, -0.2) is 0 Å². The molecule has 2 rings (SSSR count). The van der Waals surface area contributed by atoms with Crippen molar-refractivity contribution >= 4 is 17.7 Å². The molecule has 3 amide bonds. The molecule has 1 aliphatic heterocycles.